The van der Waals surface area contributed by atoms with Gasteiger partial charge in [-0.1, -0.05) is 20.8 Å². The van der Waals surface area contributed by atoms with Gasteiger partial charge in [-0.25, -0.2) is 0 Å². The molecule has 0 saturated heterocycles. The minimum absolute atomic E-state index is 0.131. The second kappa shape index (κ2) is 6.01. The van der Waals surface area contributed by atoms with Gasteiger partial charge in [0.25, 0.3) is 0 Å². The summed E-state index contributed by atoms with van der Waals surface area (Å²) in [5.74, 6) is 0.931. The lowest BCUT2D eigenvalue weighted by atomic mass is 10.1. The maximum atomic E-state index is 6.03. The van der Waals surface area contributed by atoms with Crippen molar-refractivity contribution < 1.29 is 4.74 Å². The van der Waals surface area contributed by atoms with Crippen LogP contribution in [0.1, 0.15) is 46.6 Å². The van der Waals surface area contributed by atoms with Gasteiger partial charge in [-0.2, -0.15) is 0 Å². The number of rotatable bonds is 6. The summed E-state index contributed by atoms with van der Waals surface area (Å²) in [4.78, 5) is 4.16. The molecular weight excluding hydrogens is 212 g/mol. The molecule has 0 aliphatic rings. The van der Waals surface area contributed by atoms with Crippen molar-refractivity contribution >= 4 is 0 Å². The molecule has 96 valence electrons. The number of pyridine rings is 1. The number of nitrogens with one attached hydrogen (secondary N) is 1. The summed E-state index contributed by atoms with van der Waals surface area (Å²) < 4.78 is 6.03. The Morgan fingerprint density at radius 3 is 2.71 bits per heavy atom. The molecule has 0 saturated carbocycles. The molecule has 0 aliphatic heterocycles. The lowest BCUT2D eigenvalue weighted by Crippen LogP contribution is -2.28. The van der Waals surface area contributed by atoms with Crippen molar-refractivity contribution in [3.8, 4) is 5.75 Å². The molecule has 0 fully saturated rings. The minimum Gasteiger partial charge on any atom is -0.487 e. The Labute approximate surface area is 105 Å². The van der Waals surface area contributed by atoms with Crippen LogP contribution in [0.25, 0.3) is 0 Å². The highest BCUT2D eigenvalue weighted by atomic mass is 16.5. The molecule has 0 spiro atoms. The fourth-order valence-electron chi connectivity index (χ4n) is 1.33. The monoisotopic (exact) mass is 236 g/mol. The van der Waals surface area contributed by atoms with Crippen LogP contribution in [-0.2, 0) is 6.54 Å². The highest BCUT2D eigenvalue weighted by Crippen LogP contribution is 2.24. The van der Waals surface area contributed by atoms with E-state index in [0.29, 0.717) is 6.04 Å². The molecule has 1 aromatic rings. The van der Waals surface area contributed by atoms with Crippen molar-refractivity contribution in [1.29, 1.82) is 0 Å². The predicted molar refractivity (Wildman–Crippen MR) is 71.2 cm³/mol. The van der Waals surface area contributed by atoms with E-state index < -0.39 is 0 Å². The first-order valence-corrected chi connectivity index (χ1v) is 6.30. The molecular formula is C14H24N2O. The Morgan fingerprint density at radius 2 is 2.12 bits per heavy atom. The third kappa shape index (κ3) is 4.73. The summed E-state index contributed by atoms with van der Waals surface area (Å²) >= 11 is 0. The SMILES string of the molecule is CCC(C)(C)Oc1ccncc1CNC(C)C. The number of ether oxygens (including phenoxy) is 1. The molecule has 0 aliphatic carbocycles. The zero-order valence-corrected chi connectivity index (χ0v) is 11.6. The first-order chi connectivity index (χ1) is 7.94. The van der Waals surface area contributed by atoms with Crippen LogP contribution >= 0.6 is 0 Å². The van der Waals surface area contributed by atoms with Crippen molar-refractivity contribution in [2.24, 2.45) is 0 Å². The quantitative estimate of drug-likeness (QED) is 0.824. The smallest absolute Gasteiger partial charge is 0.127 e. The van der Waals surface area contributed by atoms with E-state index in [9.17, 15) is 0 Å². The number of hydrogen-bond donors (Lipinski definition) is 1. The van der Waals surface area contributed by atoms with Crippen LogP contribution in [-0.4, -0.2) is 16.6 Å². The van der Waals surface area contributed by atoms with Crippen molar-refractivity contribution in [1.82, 2.24) is 10.3 Å². The second-order valence-corrected chi connectivity index (χ2v) is 5.23. The van der Waals surface area contributed by atoms with Crippen LogP contribution in [0.3, 0.4) is 0 Å². The molecule has 1 rings (SSSR count). The van der Waals surface area contributed by atoms with Crippen molar-refractivity contribution in [2.45, 2.75) is 59.2 Å². The second-order valence-electron chi connectivity index (χ2n) is 5.23. The van der Waals surface area contributed by atoms with Gasteiger partial charge in [-0.05, 0) is 26.3 Å². The van der Waals surface area contributed by atoms with E-state index >= 15 is 0 Å². The van der Waals surface area contributed by atoms with Gasteiger partial charge in [0.05, 0.1) is 0 Å². The molecule has 0 unspecified atom stereocenters. The molecule has 1 N–H and O–H groups in total. The van der Waals surface area contributed by atoms with Gasteiger partial charge in [0.2, 0.25) is 0 Å². The standard InChI is InChI=1S/C14H24N2O/c1-6-14(4,5)17-13-7-8-15-9-12(13)10-16-11(2)3/h7-9,11,16H,6,10H2,1-5H3. The van der Waals surface area contributed by atoms with E-state index in [1.165, 1.54) is 0 Å². The fourth-order valence-corrected chi connectivity index (χ4v) is 1.33. The maximum absolute atomic E-state index is 6.03. The van der Waals surface area contributed by atoms with Crippen LogP contribution in [0.15, 0.2) is 18.5 Å². The Bertz CT molecular complexity index is 348. The van der Waals surface area contributed by atoms with Gasteiger partial charge in [-0.3, -0.25) is 4.98 Å². The number of nitrogens with zero attached hydrogens (tertiary/aromatic N) is 1. The van der Waals surface area contributed by atoms with E-state index in [2.05, 4.69) is 44.9 Å². The minimum atomic E-state index is -0.131. The van der Waals surface area contributed by atoms with Crippen LogP contribution in [0.4, 0.5) is 0 Å². The molecule has 1 aromatic heterocycles. The normalized spacial score (nSPS) is 11.9. The Hall–Kier alpha value is -1.09. The molecule has 0 atom stereocenters. The number of aromatic nitrogens is 1. The fraction of sp³-hybridized carbons (Fsp3) is 0.643. The summed E-state index contributed by atoms with van der Waals surface area (Å²) in [6.45, 7) is 11.4. The summed E-state index contributed by atoms with van der Waals surface area (Å²) in [6, 6.07) is 2.40. The molecule has 1 heterocycles. The van der Waals surface area contributed by atoms with E-state index in [1.54, 1.807) is 6.20 Å². The average Bonchev–Trinajstić information content (AvgIpc) is 2.27. The molecule has 3 heteroatoms. The van der Waals surface area contributed by atoms with Crippen molar-refractivity contribution in [3.05, 3.63) is 24.0 Å². The summed E-state index contributed by atoms with van der Waals surface area (Å²) in [5, 5.41) is 3.39. The molecule has 17 heavy (non-hydrogen) atoms. The van der Waals surface area contributed by atoms with Gasteiger partial charge in [0, 0.05) is 30.5 Å². The highest BCUT2D eigenvalue weighted by Gasteiger charge is 2.18. The van der Waals surface area contributed by atoms with Gasteiger partial charge >= 0.3 is 0 Å². The van der Waals surface area contributed by atoms with E-state index in [-0.39, 0.29) is 5.60 Å². The summed E-state index contributed by atoms with van der Waals surface area (Å²) in [5.41, 5.74) is 0.983. The van der Waals surface area contributed by atoms with Crippen molar-refractivity contribution in [3.63, 3.8) is 0 Å². The Kier molecular flexibility index (Phi) is 4.94. The zero-order chi connectivity index (χ0) is 12.9. The van der Waals surface area contributed by atoms with Gasteiger partial charge < -0.3 is 10.1 Å². The zero-order valence-electron chi connectivity index (χ0n) is 11.6. The van der Waals surface area contributed by atoms with Crippen LogP contribution < -0.4 is 10.1 Å². The van der Waals surface area contributed by atoms with Crippen LogP contribution in [0.2, 0.25) is 0 Å². The van der Waals surface area contributed by atoms with Gasteiger partial charge in [0.1, 0.15) is 11.4 Å². The largest absolute Gasteiger partial charge is 0.487 e. The summed E-state index contributed by atoms with van der Waals surface area (Å²) in [6.07, 6.45) is 4.63. The molecule has 0 aromatic carbocycles. The van der Waals surface area contributed by atoms with Crippen molar-refractivity contribution in [2.75, 3.05) is 0 Å². The van der Waals surface area contributed by atoms with Gasteiger partial charge in [0.15, 0.2) is 0 Å². The molecule has 0 bridgehead atoms. The van der Waals surface area contributed by atoms with E-state index in [0.717, 1.165) is 24.3 Å². The van der Waals surface area contributed by atoms with Crippen LogP contribution in [0.5, 0.6) is 5.75 Å². The Balaban J connectivity index is 2.77. The maximum Gasteiger partial charge on any atom is 0.127 e. The topological polar surface area (TPSA) is 34.1 Å². The third-order valence-corrected chi connectivity index (χ3v) is 2.80. The lowest BCUT2D eigenvalue weighted by Gasteiger charge is -2.26. The van der Waals surface area contributed by atoms with E-state index in [1.807, 2.05) is 12.3 Å². The first kappa shape index (κ1) is 14.0. The number of hydrogen-bond acceptors (Lipinski definition) is 3. The molecule has 0 amide bonds. The Morgan fingerprint density at radius 1 is 1.41 bits per heavy atom. The summed E-state index contributed by atoms with van der Waals surface area (Å²) in [7, 11) is 0. The molecule has 0 radical (unpaired) electrons. The highest BCUT2D eigenvalue weighted by molar-refractivity contribution is 5.30. The molecule has 3 nitrogen and oxygen atoms in total. The average molecular weight is 236 g/mol. The first-order valence-electron chi connectivity index (χ1n) is 6.30. The third-order valence-electron chi connectivity index (χ3n) is 2.80. The van der Waals surface area contributed by atoms with Crippen LogP contribution in [0, 0.1) is 0 Å². The van der Waals surface area contributed by atoms with E-state index in [4.69, 9.17) is 4.74 Å². The van der Waals surface area contributed by atoms with Gasteiger partial charge in [-0.15, -0.1) is 0 Å². The predicted octanol–water partition coefficient (Wildman–Crippen LogP) is 3.15. The lowest BCUT2D eigenvalue weighted by molar-refractivity contribution is 0.103.